The van der Waals surface area contributed by atoms with E-state index in [9.17, 15) is 14.9 Å². The largest absolute Gasteiger partial charge is 0.493 e. The van der Waals surface area contributed by atoms with Gasteiger partial charge in [0.2, 0.25) is 0 Å². The monoisotopic (exact) mass is 602 g/mol. The van der Waals surface area contributed by atoms with Crippen LogP contribution in [0.15, 0.2) is 89.6 Å². The van der Waals surface area contributed by atoms with Crippen LogP contribution in [0.2, 0.25) is 0 Å². The third kappa shape index (κ3) is 5.63. The number of carbonyl (C=O) groups is 2. The number of para-hydroxylation sites is 1. The summed E-state index contributed by atoms with van der Waals surface area (Å²) in [6.07, 6.45) is 3.88. The lowest BCUT2D eigenvalue weighted by molar-refractivity contribution is -0.140. The lowest BCUT2D eigenvalue weighted by atomic mass is 9.93. The lowest BCUT2D eigenvalue weighted by Crippen LogP contribution is -2.43. The van der Waals surface area contributed by atoms with Crippen molar-refractivity contribution in [2.75, 3.05) is 34.0 Å². The fourth-order valence-corrected chi connectivity index (χ4v) is 5.39. The average molecular weight is 603 g/mol. The molecule has 0 atom stereocenters. The van der Waals surface area contributed by atoms with Gasteiger partial charge in [-0.15, -0.1) is 0 Å². The standard InChI is InChI=1S/C35H30N4O6/c1-22-27(34(40)38(35(41)28(22)20-36)14-13-23-9-11-29(42-2)31(17-23)43-3)18-25-21-39(26-7-5-4-6-8-26)37-33(25)24-10-12-30-32(19-24)45-16-15-44-30/h4-12,17-19,21H,13-16H2,1-3H3/b27-18+. The maximum absolute atomic E-state index is 14.0. The molecule has 0 radical (unpaired) electrons. The molecule has 0 spiro atoms. The molecule has 0 saturated carbocycles. The molecule has 1 aromatic heterocycles. The first kappa shape index (κ1) is 29.3. The molecule has 6 rings (SSSR count). The highest BCUT2D eigenvalue weighted by Gasteiger charge is 2.35. The van der Waals surface area contributed by atoms with E-state index < -0.39 is 11.8 Å². The second kappa shape index (κ2) is 12.4. The van der Waals surface area contributed by atoms with Gasteiger partial charge < -0.3 is 18.9 Å². The zero-order valence-corrected chi connectivity index (χ0v) is 25.1. The molecule has 0 N–H and O–H groups in total. The number of benzene rings is 3. The number of amides is 2. The zero-order valence-electron chi connectivity index (χ0n) is 25.1. The summed E-state index contributed by atoms with van der Waals surface area (Å²) in [5.41, 5.74) is 4.12. The highest BCUT2D eigenvalue weighted by Crippen LogP contribution is 2.37. The van der Waals surface area contributed by atoms with Crippen molar-refractivity contribution in [3.8, 4) is 46.0 Å². The number of hydrogen-bond acceptors (Lipinski definition) is 8. The molecule has 2 aliphatic heterocycles. The van der Waals surface area contributed by atoms with E-state index in [1.54, 1.807) is 44.0 Å². The van der Waals surface area contributed by atoms with Gasteiger partial charge in [-0.1, -0.05) is 24.3 Å². The zero-order chi connectivity index (χ0) is 31.5. The molecule has 2 amide bonds. The van der Waals surface area contributed by atoms with Crippen LogP contribution in [0.25, 0.3) is 23.0 Å². The molecule has 0 unspecified atom stereocenters. The summed E-state index contributed by atoms with van der Waals surface area (Å²) in [4.78, 5) is 28.4. The van der Waals surface area contributed by atoms with Crippen molar-refractivity contribution in [2.45, 2.75) is 13.3 Å². The van der Waals surface area contributed by atoms with Gasteiger partial charge in [0.1, 0.15) is 30.6 Å². The molecule has 3 heterocycles. The van der Waals surface area contributed by atoms with Gasteiger partial charge in [0.05, 0.1) is 19.9 Å². The number of carbonyl (C=O) groups excluding carboxylic acids is 2. The Hall–Kier alpha value is -5.82. The molecular formula is C35H30N4O6. The summed E-state index contributed by atoms with van der Waals surface area (Å²) < 4.78 is 24.0. The summed E-state index contributed by atoms with van der Waals surface area (Å²) in [5, 5.41) is 14.8. The van der Waals surface area contributed by atoms with Gasteiger partial charge >= 0.3 is 0 Å². The predicted molar refractivity (Wildman–Crippen MR) is 166 cm³/mol. The van der Waals surface area contributed by atoms with Crippen molar-refractivity contribution in [3.05, 3.63) is 101 Å². The minimum absolute atomic E-state index is 0.0707. The highest BCUT2D eigenvalue weighted by atomic mass is 16.6. The van der Waals surface area contributed by atoms with Crippen molar-refractivity contribution in [3.63, 3.8) is 0 Å². The van der Waals surface area contributed by atoms with Gasteiger partial charge in [-0.25, -0.2) is 4.68 Å². The molecule has 10 nitrogen and oxygen atoms in total. The van der Waals surface area contributed by atoms with E-state index in [4.69, 9.17) is 24.0 Å². The number of nitriles is 1. The normalized spacial score (nSPS) is 15.3. The summed E-state index contributed by atoms with van der Waals surface area (Å²) in [6, 6.07) is 22.6. The summed E-state index contributed by atoms with van der Waals surface area (Å²) >= 11 is 0. The van der Waals surface area contributed by atoms with E-state index in [1.807, 2.05) is 66.9 Å². The van der Waals surface area contributed by atoms with Crippen LogP contribution < -0.4 is 18.9 Å². The van der Waals surface area contributed by atoms with Gasteiger partial charge in [0, 0.05) is 29.4 Å². The smallest absolute Gasteiger partial charge is 0.271 e. The third-order valence-electron chi connectivity index (χ3n) is 7.78. The van der Waals surface area contributed by atoms with E-state index in [0.717, 1.165) is 21.7 Å². The summed E-state index contributed by atoms with van der Waals surface area (Å²) in [7, 11) is 3.10. The average Bonchev–Trinajstić information content (AvgIpc) is 3.51. The Morgan fingerprint density at radius 3 is 2.42 bits per heavy atom. The Labute approximate surface area is 260 Å². The highest BCUT2D eigenvalue weighted by molar-refractivity contribution is 6.19. The van der Waals surface area contributed by atoms with Crippen LogP contribution in [0, 0.1) is 11.3 Å². The Bertz CT molecular complexity index is 1900. The van der Waals surface area contributed by atoms with Crippen LogP contribution in [0.3, 0.4) is 0 Å². The van der Waals surface area contributed by atoms with Gasteiger partial charge in [-0.05, 0) is 73.0 Å². The number of hydrogen-bond donors (Lipinski definition) is 0. The molecule has 0 aliphatic carbocycles. The van der Waals surface area contributed by atoms with E-state index in [-0.39, 0.29) is 17.7 Å². The van der Waals surface area contributed by atoms with Crippen LogP contribution >= 0.6 is 0 Å². The van der Waals surface area contributed by atoms with Crippen LogP contribution in [0.4, 0.5) is 0 Å². The lowest BCUT2D eigenvalue weighted by Gasteiger charge is -2.27. The number of nitrogens with zero attached hydrogens (tertiary/aromatic N) is 4. The fourth-order valence-electron chi connectivity index (χ4n) is 5.39. The van der Waals surface area contributed by atoms with Crippen molar-refractivity contribution in [1.82, 2.24) is 14.7 Å². The van der Waals surface area contributed by atoms with Gasteiger partial charge in [0.25, 0.3) is 11.8 Å². The van der Waals surface area contributed by atoms with Crippen LogP contribution in [0.5, 0.6) is 23.0 Å². The number of fused-ring (bicyclic) bond motifs is 1. The van der Waals surface area contributed by atoms with Crippen molar-refractivity contribution >= 4 is 17.9 Å². The number of methoxy groups -OCH3 is 2. The van der Waals surface area contributed by atoms with Gasteiger partial charge in [-0.3, -0.25) is 14.5 Å². The van der Waals surface area contributed by atoms with E-state index in [2.05, 4.69) is 0 Å². The molecule has 2 aliphatic rings. The number of aromatic nitrogens is 2. The summed E-state index contributed by atoms with van der Waals surface area (Å²) in [6.45, 7) is 2.61. The molecule has 45 heavy (non-hydrogen) atoms. The van der Waals surface area contributed by atoms with Crippen LogP contribution in [-0.2, 0) is 16.0 Å². The topological polar surface area (TPSA) is 116 Å². The molecule has 10 heteroatoms. The minimum atomic E-state index is -0.621. The predicted octanol–water partition coefficient (Wildman–Crippen LogP) is 5.16. The minimum Gasteiger partial charge on any atom is -0.493 e. The first-order valence-electron chi connectivity index (χ1n) is 14.4. The molecule has 3 aromatic carbocycles. The van der Waals surface area contributed by atoms with Gasteiger partial charge in [-0.2, -0.15) is 10.4 Å². The van der Waals surface area contributed by atoms with E-state index in [0.29, 0.717) is 59.5 Å². The molecule has 4 aromatic rings. The Morgan fingerprint density at radius 2 is 1.69 bits per heavy atom. The second-order valence-electron chi connectivity index (χ2n) is 10.4. The number of ether oxygens (including phenoxy) is 4. The maximum atomic E-state index is 14.0. The Balaban J connectivity index is 1.40. The van der Waals surface area contributed by atoms with Crippen LogP contribution in [0.1, 0.15) is 18.1 Å². The molecular weight excluding hydrogens is 572 g/mol. The fraction of sp³-hybridized carbons (Fsp3) is 0.200. The Morgan fingerprint density at radius 1 is 0.933 bits per heavy atom. The Kier molecular flexibility index (Phi) is 8.08. The number of rotatable bonds is 8. The van der Waals surface area contributed by atoms with Crippen molar-refractivity contribution in [1.29, 1.82) is 5.26 Å². The third-order valence-corrected chi connectivity index (χ3v) is 7.78. The number of imide groups is 1. The van der Waals surface area contributed by atoms with Crippen molar-refractivity contribution < 1.29 is 28.5 Å². The maximum Gasteiger partial charge on any atom is 0.271 e. The molecule has 0 saturated heterocycles. The first-order chi connectivity index (χ1) is 21.9. The molecule has 0 fully saturated rings. The van der Waals surface area contributed by atoms with E-state index in [1.165, 1.54) is 0 Å². The van der Waals surface area contributed by atoms with Gasteiger partial charge in [0.15, 0.2) is 23.0 Å². The molecule has 0 bridgehead atoms. The molecule has 226 valence electrons. The summed E-state index contributed by atoms with van der Waals surface area (Å²) in [5.74, 6) is 1.27. The van der Waals surface area contributed by atoms with Crippen molar-refractivity contribution in [2.24, 2.45) is 0 Å². The van der Waals surface area contributed by atoms with E-state index >= 15 is 0 Å². The SMILES string of the molecule is COc1ccc(CCN2C(=O)C(C#N)=C(C)/C(=C\c3cn(-c4ccccc4)nc3-c3ccc4c(c3)OCCO4)C2=O)cc1OC. The van der Waals surface area contributed by atoms with Crippen LogP contribution in [-0.4, -0.2) is 60.5 Å². The first-order valence-corrected chi connectivity index (χ1v) is 14.4. The second-order valence-corrected chi connectivity index (χ2v) is 10.4. The quantitative estimate of drug-likeness (QED) is 0.201.